The number of hydrogen-bond acceptors (Lipinski definition) is 3. The van der Waals surface area contributed by atoms with Crippen molar-refractivity contribution in [2.75, 3.05) is 13.2 Å². The molecule has 2 rings (SSSR count). The number of nitrogens with zero attached hydrogens (tertiary/aromatic N) is 2. The highest BCUT2D eigenvalue weighted by Gasteiger charge is 2.23. The van der Waals surface area contributed by atoms with Crippen LogP contribution in [0.5, 0.6) is 0 Å². The molecule has 1 fully saturated rings. The molecule has 2 heterocycles. The van der Waals surface area contributed by atoms with Crippen LogP contribution in [0.15, 0.2) is 6.07 Å². The van der Waals surface area contributed by atoms with Crippen molar-refractivity contribution in [1.82, 2.24) is 9.78 Å². The lowest BCUT2D eigenvalue weighted by Gasteiger charge is -2.26. The molecule has 0 spiro atoms. The van der Waals surface area contributed by atoms with E-state index in [1.807, 2.05) is 11.6 Å². The van der Waals surface area contributed by atoms with Gasteiger partial charge in [0.15, 0.2) is 0 Å². The summed E-state index contributed by atoms with van der Waals surface area (Å²) in [6, 6.07) is 2.07. The van der Waals surface area contributed by atoms with Crippen LogP contribution in [0.2, 0.25) is 0 Å². The molecular formula is C13H22N2O2. The van der Waals surface area contributed by atoms with Gasteiger partial charge in [-0.15, -0.1) is 0 Å². The van der Waals surface area contributed by atoms with Crippen LogP contribution in [0.3, 0.4) is 0 Å². The maximum absolute atomic E-state index is 10.2. The smallest absolute Gasteiger partial charge is 0.0645 e. The molecule has 0 amide bonds. The van der Waals surface area contributed by atoms with Gasteiger partial charge < -0.3 is 9.84 Å². The Morgan fingerprint density at radius 1 is 1.65 bits per heavy atom. The van der Waals surface area contributed by atoms with Gasteiger partial charge in [-0.3, -0.25) is 4.68 Å². The summed E-state index contributed by atoms with van der Waals surface area (Å²) in [7, 11) is 0. The van der Waals surface area contributed by atoms with Crippen molar-refractivity contribution in [2.24, 2.45) is 5.92 Å². The molecule has 0 bridgehead atoms. The quantitative estimate of drug-likeness (QED) is 0.865. The Bertz CT molecular complexity index is 356. The highest BCUT2D eigenvalue weighted by atomic mass is 16.5. The zero-order valence-corrected chi connectivity index (χ0v) is 10.7. The zero-order valence-electron chi connectivity index (χ0n) is 10.7. The topological polar surface area (TPSA) is 47.3 Å². The van der Waals surface area contributed by atoms with E-state index in [1.165, 1.54) is 0 Å². The molecular weight excluding hydrogens is 216 g/mol. The second-order valence-corrected chi connectivity index (χ2v) is 4.84. The molecule has 0 aromatic carbocycles. The van der Waals surface area contributed by atoms with Crippen molar-refractivity contribution in [3.8, 4) is 0 Å². The van der Waals surface area contributed by atoms with Crippen molar-refractivity contribution in [1.29, 1.82) is 0 Å². The zero-order chi connectivity index (χ0) is 12.3. The summed E-state index contributed by atoms with van der Waals surface area (Å²) >= 11 is 0. The normalized spacial score (nSPS) is 22.6. The van der Waals surface area contributed by atoms with Crippen LogP contribution < -0.4 is 0 Å². The Kier molecular flexibility index (Phi) is 4.18. The maximum Gasteiger partial charge on any atom is 0.0645 e. The summed E-state index contributed by atoms with van der Waals surface area (Å²) in [4.78, 5) is 0. The van der Waals surface area contributed by atoms with Crippen LogP contribution in [-0.4, -0.2) is 34.2 Å². The molecule has 1 aliphatic rings. The fourth-order valence-corrected chi connectivity index (χ4v) is 2.49. The molecule has 0 radical (unpaired) electrons. The van der Waals surface area contributed by atoms with E-state index in [1.54, 1.807) is 0 Å². The van der Waals surface area contributed by atoms with Gasteiger partial charge in [-0.2, -0.15) is 5.10 Å². The number of hydrogen-bond donors (Lipinski definition) is 1. The molecule has 1 aliphatic heterocycles. The van der Waals surface area contributed by atoms with E-state index in [4.69, 9.17) is 4.74 Å². The van der Waals surface area contributed by atoms with Crippen LogP contribution >= 0.6 is 0 Å². The SMILES string of the molecule is CCn1nc(C)cc1CC(O)C1CCCOC1. The summed E-state index contributed by atoms with van der Waals surface area (Å²) in [5, 5.41) is 14.6. The molecule has 0 aliphatic carbocycles. The molecule has 1 saturated heterocycles. The fourth-order valence-electron chi connectivity index (χ4n) is 2.49. The first-order valence-electron chi connectivity index (χ1n) is 6.50. The summed E-state index contributed by atoms with van der Waals surface area (Å²) in [6.45, 7) is 6.46. The Morgan fingerprint density at radius 2 is 2.47 bits per heavy atom. The lowest BCUT2D eigenvalue weighted by molar-refractivity contribution is -0.00912. The maximum atomic E-state index is 10.2. The first kappa shape index (κ1) is 12.6. The van der Waals surface area contributed by atoms with Crippen LogP contribution in [-0.2, 0) is 17.7 Å². The lowest BCUT2D eigenvalue weighted by Crippen LogP contribution is -2.31. The number of ether oxygens (including phenoxy) is 1. The predicted octanol–water partition coefficient (Wildman–Crippen LogP) is 1.54. The molecule has 96 valence electrons. The van der Waals surface area contributed by atoms with Gasteiger partial charge in [-0.25, -0.2) is 0 Å². The third kappa shape index (κ3) is 3.07. The molecule has 2 unspecified atom stereocenters. The predicted molar refractivity (Wildman–Crippen MR) is 65.9 cm³/mol. The lowest BCUT2D eigenvalue weighted by atomic mass is 9.93. The van der Waals surface area contributed by atoms with E-state index >= 15 is 0 Å². The Morgan fingerprint density at radius 3 is 3.12 bits per heavy atom. The first-order chi connectivity index (χ1) is 8.20. The van der Waals surface area contributed by atoms with E-state index in [2.05, 4.69) is 18.1 Å². The highest BCUT2D eigenvalue weighted by molar-refractivity contribution is 5.10. The van der Waals surface area contributed by atoms with Crippen LogP contribution in [0.4, 0.5) is 0 Å². The summed E-state index contributed by atoms with van der Waals surface area (Å²) < 4.78 is 7.39. The number of aliphatic hydroxyl groups is 1. The Balaban J connectivity index is 1.98. The van der Waals surface area contributed by atoms with Crippen molar-refractivity contribution in [3.05, 3.63) is 17.5 Å². The average molecular weight is 238 g/mol. The van der Waals surface area contributed by atoms with Gasteiger partial charge in [0.05, 0.1) is 18.4 Å². The molecule has 4 heteroatoms. The molecule has 2 atom stereocenters. The van der Waals surface area contributed by atoms with Gasteiger partial charge in [0.1, 0.15) is 0 Å². The van der Waals surface area contributed by atoms with Gasteiger partial charge in [0.2, 0.25) is 0 Å². The minimum atomic E-state index is -0.309. The van der Waals surface area contributed by atoms with E-state index in [0.717, 1.165) is 37.4 Å². The second-order valence-electron chi connectivity index (χ2n) is 4.84. The molecule has 17 heavy (non-hydrogen) atoms. The molecule has 1 N–H and O–H groups in total. The van der Waals surface area contributed by atoms with Crippen molar-refractivity contribution in [3.63, 3.8) is 0 Å². The number of rotatable bonds is 4. The van der Waals surface area contributed by atoms with Gasteiger partial charge in [-0.05, 0) is 32.8 Å². The van der Waals surface area contributed by atoms with Gasteiger partial charge in [0, 0.05) is 31.2 Å². The molecule has 1 aromatic heterocycles. The molecule has 0 saturated carbocycles. The summed E-state index contributed by atoms with van der Waals surface area (Å²) in [5.41, 5.74) is 2.15. The van der Waals surface area contributed by atoms with Gasteiger partial charge in [-0.1, -0.05) is 0 Å². The summed E-state index contributed by atoms with van der Waals surface area (Å²) in [6.07, 6.45) is 2.51. The highest BCUT2D eigenvalue weighted by Crippen LogP contribution is 2.20. The monoisotopic (exact) mass is 238 g/mol. The van der Waals surface area contributed by atoms with Crippen LogP contribution in [0.1, 0.15) is 31.2 Å². The summed E-state index contributed by atoms with van der Waals surface area (Å²) in [5.74, 6) is 0.282. The average Bonchev–Trinajstić information content (AvgIpc) is 2.70. The first-order valence-corrected chi connectivity index (χ1v) is 6.50. The largest absolute Gasteiger partial charge is 0.392 e. The van der Waals surface area contributed by atoms with E-state index < -0.39 is 0 Å². The fraction of sp³-hybridized carbons (Fsp3) is 0.769. The van der Waals surface area contributed by atoms with E-state index in [-0.39, 0.29) is 12.0 Å². The second kappa shape index (κ2) is 5.65. The number of aromatic nitrogens is 2. The van der Waals surface area contributed by atoms with Crippen LogP contribution in [0.25, 0.3) is 0 Å². The van der Waals surface area contributed by atoms with E-state index in [0.29, 0.717) is 13.0 Å². The van der Waals surface area contributed by atoms with E-state index in [9.17, 15) is 5.11 Å². The standard InChI is InChI=1S/C13H22N2O2/c1-3-15-12(7-10(2)14-15)8-13(16)11-5-4-6-17-9-11/h7,11,13,16H,3-6,8-9H2,1-2H3. The van der Waals surface area contributed by atoms with Crippen LogP contribution in [0, 0.1) is 12.8 Å². The van der Waals surface area contributed by atoms with Crippen molar-refractivity contribution >= 4 is 0 Å². The molecule has 1 aromatic rings. The third-order valence-corrected chi connectivity index (χ3v) is 3.44. The third-order valence-electron chi connectivity index (χ3n) is 3.44. The minimum absolute atomic E-state index is 0.282. The van der Waals surface area contributed by atoms with Gasteiger partial charge in [0.25, 0.3) is 0 Å². The Hall–Kier alpha value is -0.870. The molecule has 4 nitrogen and oxygen atoms in total. The van der Waals surface area contributed by atoms with Crippen molar-refractivity contribution < 1.29 is 9.84 Å². The van der Waals surface area contributed by atoms with Gasteiger partial charge >= 0.3 is 0 Å². The number of aryl methyl sites for hydroxylation is 2. The number of aliphatic hydroxyl groups excluding tert-OH is 1. The minimum Gasteiger partial charge on any atom is -0.392 e. The Labute approximate surface area is 103 Å². The van der Waals surface area contributed by atoms with Crippen molar-refractivity contribution in [2.45, 2.75) is 45.8 Å².